The van der Waals surface area contributed by atoms with Gasteiger partial charge >= 0.3 is 0 Å². The van der Waals surface area contributed by atoms with Gasteiger partial charge in [-0.2, -0.15) is 0 Å². The van der Waals surface area contributed by atoms with Crippen LogP contribution in [0.5, 0.6) is 0 Å². The van der Waals surface area contributed by atoms with Gasteiger partial charge in [-0.25, -0.2) is 4.98 Å². The van der Waals surface area contributed by atoms with Crippen molar-refractivity contribution in [3.63, 3.8) is 0 Å². The Balaban J connectivity index is 2.26. The number of fused-ring (bicyclic) bond motifs is 1. The zero-order valence-electron chi connectivity index (χ0n) is 11.1. The van der Waals surface area contributed by atoms with E-state index in [4.69, 9.17) is 5.73 Å². The van der Waals surface area contributed by atoms with E-state index in [0.717, 1.165) is 16.3 Å². The molecule has 0 radical (unpaired) electrons. The number of amides is 1. The molecule has 18 heavy (non-hydrogen) atoms. The molecule has 3 N–H and O–H groups in total. The number of carbonyl (C=O) groups excluding carboxylic acids is 1. The van der Waals surface area contributed by atoms with Crippen LogP contribution in [-0.4, -0.2) is 20.8 Å². The van der Waals surface area contributed by atoms with Crippen molar-refractivity contribution in [1.82, 2.24) is 14.7 Å². The molecule has 6 heteroatoms. The van der Waals surface area contributed by atoms with Crippen LogP contribution in [-0.2, 0) is 11.3 Å². The number of nitrogens with one attached hydrogen (secondary N) is 1. The summed E-state index contributed by atoms with van der Waals surface area (Å²) in [4.78, 5) is 18.0. The zero-order valence-corrected chi connectivity index (χ0v) is 11.9. The van der Waals surface area contributed by atoms with Crippen molar-refractivity contribution in [2.45, 2.75) is 39.8 Å². The molecular weight excluding hydrogens is 248 g/mol. The fourth-order valence-corrected chi connectivity index (χ4v) is 2.60. The molecule has 0 aliphatic carbocycles. The van der Waals surface area contributed by atoms with E-state index in [1.165, 1.54) is 4.88 Å². The molecule has 0 saturated carbocycles. The van der Waals surface area contributed by atoms with Crippen molar-refractivity contribution >= 4 is 22.2 Å². The number of nitrogens with two attached hydrogens (primary N) is 1. The van der Waals surface area contributed by atoms with Gasteiger partial charge in [-0.05, 0) is 27.7 Å². The van der Waals surface area contributed by atoms with Gasteiger partial charge in [0.2, 0.25) is 5.91 Å². The summed E-state index contributed by atoms with van der Waals surface area (Å²) in [6, 6.07) is 0. The molecule has 0 aliphatic heterocycles. The van der Waals surface area contributed by atoms with Gasteiger partial charge in [0.1, 0.15) is 0 Å². The Labute approximate surface area is 110 Å². The van der Waals surface area contributed by atoms with Gasteiger partial charge in [-0.1, -0.05) is 0 Å². The van der Waals surface area contributed by atoms with Gasteiger partial charge in [0, 0.05) is 17.6 Å². The largest absolute Gasteiger partial charge is 0.368 e. The van der Waals surface area contributed by atoms with E-state index >= 15 is 0 Å². The highest BCUT2D eigenvalue weighted by Gasteiger charge is 2.24. The minimum Gasteiger partial charge on any atom is -0.368 e. The number of hydrogen-bond donors (Lipinski definition) is 2. The van der Waals surface area contributed by atoms with Crippen LogP contribution < -0.4 is 11.1 Å². The summed E-state index contributed by atoms with van der Waals surface area (Å²) in [5, 5.41) is 3.17. The number of imidazole rings is 1. The second kappa shape index (κ2) is 4.37. The Kier molecular flexibility index (Phi) is 3.16. The van der Waals surface area contributed by atoms with Gasteiger partial charge in [0.25, 0.3) is 0 Å². The van der Waals surface area contributed by atoms with Crippen molar-refractivity contribution in [1.29, 1.82) is 0 Å². The van der Waals surface area contributed by atoms with Crippen LogP contribution in [0.1, 0.15) is 30.1 Å². The second-order valence-electron chi connectivity index (χ2n) is 4.98. The normalized spacial score (nSPS) is 12.2. The summed E-state index contributed by atoms with van der Waals surface area (Å²) in [5.41, 5.74) is 6.68. The second-order valence-corrected chi connectivity index (χ2v) is 6.19. The lowest BCUT2D eigenvalue weighted by Gasteiger charge is -2.22. The zero-order chi connectivity index (χ0) is 13.5. The molecule has 0 saturated heterocycles. The molecule has 0 atom stereocenters. The maximum absolute atomic E-state index is 11.3. The smallest absolute Gasteiger partial charge is 0.237 e. The molecule has 98 valence electrons. The molecular formula is C12H18N4OS. The quantitative estimate of drug-likeness (QED) is 0.877. The van der Waals surface area contributed by atoms with Gasteiger partial charge in [-0.3, -0.25) is 14.5 Å². The predicted octanol–water partition coefficient (Wildman–Crippen LogP) is 1.37. The Bertz CT molecular complexity index is 597. The number of aromatic nitrogens is 2. The van der Waals surface area contributed by atoms with Gasteiger partial charge in [0.05, 0.1) is 16.9 Å². The molecule has 0 aromatic carbocycles. The summed E-state index contributed by atoms with van der Waals surface area (Å²) in [6.07, 6.45) is 2.06. The molecule has 0 unspecified atom stereocenters. The van der Waals surface area contributed by atoms with Crippen LogP contribution in [0.25, 0.3) is 4.96 Å². The molecule has 5 nitrogen and oxygen atoms in total. The Morgan fingerprint density at radius 3 is 2.83 bits per heavy atom. The minimum atomic E-state index is -0.721. The Hall–Kier alpha value is -1.40. The molecule has 0 bridgehead atoms. The fourth-order valence-electron chi connectivity index (χ4n) is 1.71. The van der Waals surface area contributed by atoms with Crippen molar-refractivity contribution < 1.29 is 4.79 Å². The Morgan fingerprint density at radius 2 is 2.22 bits per heavy atom. The maximum atomic E-state index is 11.3. The monoisotopic (exact) mass is 266 g/mol. The van der Waals surface area contributed by atoms with Gasteiger partial charge in [-0.15, -0.1) is 11.3 Å². The van der Waals surface area contributed by atoms with Crippen molar-refractivity contribution in [3.8, 4) is 0 Å². The third-order valence-corrected chi connectivity index (χ3v) is 3.95. The molecule has 1 amide bonds. The summed E-state index contributed by atoms with van der Waals surface area (Å²) in [6.45, 7) is 8.16. The highest BCUT2D eigenvalue weighted by molar-refractivity contribution is 7.17. The highest BCUT2D eigenvalue weighted by atomic mass is 32.1. The lowest BCUT2D eigenvalue weighted by Crippen LogP contribution is -2.50. The molecule has 2 rings (SSSR count). The highest BCUT2D eigenvalue weighted by Crippen LogP contribution is 2.21. The standard InChI is InChI=1S/C12H18N4OS/c1-7-6-16-9(8(2)15-11(16)18-7)5-14-12(3,4)10(13)17/h6,14H,5H2,1-4H3,(H2,13,17). The van der Waals surface area contributed by atoms with E-state index < -0.39 is 5.54 Å². The third-order valence-electron chi connectivity index (χ3n) is 3.05. The Morgan fingerprint density at radius 1 is 1.56 bits per heavy atom. The van der Waals surface area contributed by atoms with Crippen molar-refractivity contribution in [2.24, 2.45) is 5.73 Å². The van der Waals surface area contributed by atoms with E-state index in [1.54, 1.807) is 25.2 Å². The van der Waals surface area contributed by atoms with Gasteiger partial charge in [0.15, 0.2) is 4.96 Å². The number of nitrogens with zero attached hydrogens (tertiary/aromatic N) is 2. The average Bonchev–Trinajstić information content (AvgIpc) is 2.71. The fraction of sp³-hybridized carbons (Fsp3) is 0.500. The number of rotatable bonds is 4. The van der Waals surface area contributed by atoms with Crippen LogP contribution in [0, 0.1) is 13.8 Å². The maximum Gasteiger partial charge on any atom is 0.237 e. The van der Waals surface area contributed by atoms with E-state index in [0.29, 0.717) is 6.54 Å². The van der Waals surface area contributed by atoms with Crippen LogP contribution in [0.3, 0.4) is 0 Å². The number of thiazole rings is 1. The molecule has 2 aromatic heterocycles. The van der Waals surface area contributed by atoms with Crippen molar-refractivity contribution in [2.75, 3.05) is 0 Å². The van der Waals surface area contributed by atoms with E-state index in [9.17, 15) is 4.79 Å². The van der Waals surface area contributed by atoms with Crippen LogP contribution in [0.15, 0.2) is 6.20 Å². The number of hydrogen-bond acceptors (Lipinski definition) is 4. The molecule has 0 fully saturated rings. The van der Waals surface area contributed by atoms with Crippen molar-refractivity contribution in [3.05, 3.63) is 22.5 Å². The van der Waals surface area contributed by atoms with E-state index in [1.807, 2.05) is 6.92 Å². The predicted molar refractivity (Wildman–Crippen MR) is 72.7 cm³/mol. The molecule has 0 aliphatic rings. The number of primary amides is 1. The molecule has 2 heterocycles. The van der Waals surface area contributed by atoms with E-state index in [-0.39, 0.29) is 5.91 Å². The first kappa shape index (κ1) is 13.0. The first-order valence-corrected chi connectivity index (χ1v) is 6.62. The topological polar surface area (TPSA) is 72.4 Å². The summed E-state index contributed by atoms with van der Waals surface area (Å²) < 4.78 is 2.07. The van der Waals surface area contributed by atoms with Crippen LogP contribution >= 0.6 is 11.3 Å². The summed E-state index contributed by atoms with van der Waals surface area (Å²) in [7, 11) is 0. The average molecular weight is 266 g/mol. The number of aryl methyl sites for hydroxylation is 2. The van der Waals surface area contributed by atoms with Crippen LogP contribution in [0.2, 0.25) is 0 Å². The molecule has 2 aromatic rings. The lowest BCUT2D eigenvalue weighted by atomic mass is 10.1. The first-order valence-electron chi connectivity index (χ1n) is 5.80. The van der Waals surface area contributed by atoms with E-state index in [2.05, 4.69) is 27.8 Å². The number of carbonyl (C=O) groups is 1. The SMILES string of the molecule is Cc1cn2c(CNC(C)(C)C(N)=O)c(C)nc2s1. The van der Waals surface area contributed by atoms with Gasteiger partial charge < -0.3 is 5.73 Å². The minimum absolute atomic E-state index is 0.359. The lowest BCUT2D eigenvalue weighted by molar-refractivity contribution is -0.123. The third kappa shape index (κ3) is 2.26. The molecule has 0 spiro atoms. The first-order chi connectivity index (χ1) is 8.31. The summed E-state index contributed by atoms with van der Waals surface area (Å²) in [5.74, 6) is -0.359. The van der Waals surface area contributed by atoms with Crippen LogP contribution in [0.4, 0.5) is 0 Å². The summed E-state index contributed by atoms with van der Waals surface area (Å²) >= 11 is 1.66.